The van der Waals surface area contributed by atoms with Gasteiger partial charge in [0.05, 0.1) is 23.4 Å². The summed E-state index contributed by atoms with van der Waals surface area (Å²) in [5.41, 5.74) is 1.91. The van der Waals surface area contributed by atoms with Crippen LogP contribution in [-0.2, 0) is 0 Å². The number of benzene rings is 3. The Morgan fingerprint density at radius 2 is 1.80 bits per heavy atom. The fraction of sp³-hybridized carbons (Fsp3) is 0.0833. The summed E-state index contributed by atoms with van der Waals surface area (Å²) in [5.74, 6) is -1.68. The quantitative estimate of drug-likeness (QED) is 0.446. The molecule has 4 nitrogen and oxygen atoms in total. The molecule has 0 fully saturated rings. The molecule has 0 amide bonds. The third-order valence-electron chi connectivity index (χ3n) is 4.74. The van der Waals surface area contributed by atoms with E-state index in [4.69, 9.17) is 4.74 Å². The van der Waals surface area contributed by atoms with Crippen LogP contribution in [0, 0.1) is 11.6 Å². The lowest BCUT2D eigenvalue weighted by Crippen LogP contribution is -2.01. The van der Waals surface area contributed by atoms with Crippen LogP contribution < -0.4 is 4.74 Å². The standard InChI is InChI=1S/C24H17F2NO3/c1-2-30-23-6-4-3-5-17(23)16-9-7-14(11-20(16)26)22-13-19(24(28)29)18-12-15(25)8-10-21(18)27-22/h3-13H,2H2,1H3,(H,28,29). The van der Waals surface area contributed by atoms with Gasteiger partial charge in [-0.3, -0.25) is 0 Å². The zero-order chi connectivity index (χ0) is 21.3. The molecule has 0 saturated carbocycles. The van der Waals surface area contributed by atoms with Crippen molar-refractivity contribution >= 4 is 16.9 Å². The first-order valence-electron chi connectivity index (χ1n) is 9.33. The molecule has 1 heterocycles. The van der Waals surface area contributed by atoms with Crippen LogP contribution in [0.3, 0.4) is 0 Å². The highest BCUT2D eigenvalue weighted by Crippen LogP contribution is 2.34. The van der Waals surface area contributed by atoms with E-state index in [2.05, 4.69) is 4.98 Å². The maximum atomic E-state index is 15.0. The molecule has 4 rings (SSSR count). The van der Waals surface area contributed by atoms with E-state index in [0.29, 0.717) is 34.6 Å². The first-order chi connectivity index (χ1) is 14.5. The molecule has 0 bridgehead atoms. The molecule has 1 N–H and O–H groups in total. The molecule has 0 saturated heterocycles. The number of carboxylic acid groups (broad SMARTS) is 1. The number of pyridine rings is 1. The number of hydrogen-bond donors (Lipinski definition) is 1. The van der Waals surface area contributed by atoms with Crippen molar-refractivity contribution < 1.29 is 23.4 Å². The summed E-state index contributed by atoms with van der Waals surface area (Å²) in [5, 5.41) is 9.72. The zero-order valence-corrected chi connectivity index (χ0v) is 16.0. The second-order valence-electron chi connectivity index (χ2n) is 6.65. The van der Waals surface area contributed by atoms with Gasteiger partial charge < -0.3 is 9.84 Å². The second kappa shape index (κ2) is 7.91. The first kappa shape index (κ1) is 19.5. The Morgan fingerprint density at radius 1 is 1.00 bits per heavy atom. The highest BCUT2D eigenvalue weighted by Gasteiger charge is 2.16. The molecule has 0 aliphatic heterocycles. The lowest BCUT2D eigenvalue weighted by atomic mass is 9.99. The van der Waals surface area contributed by atoms with Crippen LogP contribution >= 0.6 is 0 Å². The lowest BCUT2D eigenvalue weighted by Gasteiger charge is -2.12. The summed E-state index contributed by atoms with van der Waals surface area (Å²) in [6.45, 7) is 2.31. The molecule has 4 aromatic rings. The van der Waals surface area contributed by atoms with E-state index in [1.54, 1.807) is 30.3 Å². The van der Waals surface area contributed by atoms with Crippen LogP contribution in [0.15, 0.2) is 66.7 Å². The first-order valence-corrected chi connectivity index (χ1v) is 9.33. The summed E-state index contributed by atoms with van der Waals surface area (Å²) in [4.78, 5) is 16.1. The van der Waals surface area contributed by atoms with Gasteiger partial charge in [0.1, 0.15) is 17.4 Å². The SMILES string of the molecule is CCOc1ccccc1-c1ccc(-c2cc(C(=O)O)c3cc(F)ccc3n2)cc1F. The van der Waals surface area contributed by atoms with Gasteiger partial charge in [-0.05, 0) is 43.3 Å². The number of hydrogen-bond acceptors (Lipinski definition) is 3. The fourth-order valence-corrected chi connectivity index (χ4v) is 3.39. The molecule has 30 heavy (non-hydrogen) atoms. The summed E-state index contributed by atoms with van der Waals surface area (Å²) < 4.78 is 34.2. The average molecular weight is 405 g/mol. The minimum Gasteiger partial charge on any atom is -0.493 e. The molecule has 3 aromatic carbocycles. The number of halogens is 2. The molecule has 0 aliphatic rings. The van der Waals surface area contributed by atoms with Gasteiger partial charge >= 0.3 is 5.97 Å². The van der Waals surface area contributed by atoms with Crippen molar-refractivity contribution in [2.45, 2.75) is 6.92 Å². The number of ether oxygens (including phenoxy) is 1. The molecule has 0 radical (unpaired) electrons. The van der Waals surface area contributed by atoms with Crippen LogP contribution in [0.5, 0.6) is 5.75 Å². The van der Waals surface area contributed by atoms with Crippen LogP contribution in [0.4, 0.5) is 8.78 Å². The van der Waals surface area contributed by atoms with Crippen LogP contribution in [0.2, 0.25) is 0 Å². The molecule has 0 atom stereocenters. The van der Waals surface area contributed by atoms with Gasteiger partial charge in [-0.2, -0.15) is 0 Å². The lowest BCUT2D eigenvalue weighted by molar-refractivity contribution is 0.0699. The summed E-state index contributed by atoms with van der Waals surface area (Å²) in [6.07, 6.45) is 0. The molecule has 6 heteroatoms. The minimum absolute atomic E-state index is 0.0966. The molecular formula is C24H17F2NO3. The van der Waals surface area contributed by atoms with Gasteiger partial charge in [0.15, 0.2) is 0 Å². The van der Waals surface area contributed by atoms with E-state index < -0.39 is 17.6 Å². The van der Waals surface area contributed by atoms with E-state index in [1.807, 2.05) is 13.0 Å². The predicted octanol–water partition coefficient (Wildman–Crippen LogP) is 5.94. The number of carbonyl (C=O) groups is 1. The van der Waals surface area contributed by atoms with Gasteiger partial charge in [-0.1, -0.05) is 30.3 Å². The number of nitrogens with zero attached hydrogens (tertiary/aromatic N) is 1. The van der Waals surface area contributed by atoms with Crippen LogP contribution in [0.25, 0.3) is 33.3 Å². The average Bonchev–Trinajstić information content (AvgIpc) is 2.73. The van der Waals surface area contributed by atoms with Gasteiger partial charge in [-0.25, -0.2) is 18.6 Å². The Bertz CT molecular complexity index is 1270. The Labute approximate surface area is 171 Å². The van der Waals surface area contributed by atoms with E-state index in [9.17, 15) is 14.3 Å². The van der Waals surface area contributed by atoms with Crippen molar-refractivity contribution in [1.82, 2.24) is 4.98 Å². The summed E-state index contributed by atoms with van der Waals surface area (Å²) in [6, 6.07) is 16.8. The number of rotatable bonds is 5. The largest absolute Gasteiger partial charge is 0.493 e. The number of aromatic carboxylic acids is 1. The molecule has 0 aliphatic carbocycles. The highest BCUT2D eigenvalue weighted by atomic mass is 19.1. The van der Waals surface area contributed by atoms with E-state index >= 15 is 4.39 Å². The Kier molecular flexibility index (Phi) is 5.14. The monoisotopic (exact) mass is 405 g/mol. The van der Waals surface area contributed by atoms with Gasteiger partial charge in [0.25, 0.3) is 0 Å². The minimum atomic E-state index is -1.21. The molecule has 150 valence electrons. The Hall–Kier alpha value is -3.80. The van der Waals surface area contributed by atoms with Gasteiger partial charge in [-0.15, -0.1) is 0 Å². The molecular weight excluding hydrogens is 388 g/mol. The third kappa shape index (κ3) is 3.59. The van der Waals surface area contributed by atoms with Crippen molar-refractivity contribution in [2.24, 2.45) is 0 Å². The third-order valence-corrected chi connectivity index (χ3v) is 4.74. The Balaban J connectivity index is 1.83. The van der Waals surface area contributed by atoms with Gasteiger partial charge in [0.2, 0.25) is 0 Å². The number of carboxylic acids is 1. The molecule has 1 aromatic heterocycles. The van der Waals surface area contributed by atoms with Gasteiger partial charge in [0, 0.05) is 22.1 Å². The van der Waals surface area contributed by atoms with E-state index in [-0.39, 0.29) is 16.6 Å². The van der Waals surface area contributed by atoms with Crippen molar-refractivity contribution in [2.75, 3.05) is 6.61 Å². The van der Waals surface area contributed by atoms with Crippen molar-refractivity contribution in [3.63, 3.8) is 0 Å². The van der Waals surface area contributed by atoms with E-state index in [0.717, 1.165) is 6.07 Å². The van der Waals surface area contributed by atoms with Crippen molar-refractivity contribution in [3.8, 4) is 28.1 Å². The Morgan fingerprint density at radius 3 is 2.53 bits per heavy atom. The number of para-hydroxylation sites is 1. The predicted molar refractivity (Wildman–Crippen MR) is 111 cm³/mol. The number of aromatic nitrogens is 1. The summed E-state index contributed by atoms with van der Waals surface area (Å²) >= 11 is 0. The highest BCUT2D eigenvalue weighted by molar-refractivity contribution is 6.03. The number of fused-ring (bicyclic) bond motifs is 1. The smallest absolute Gasteiger partial charge is 0.336 e. The van der Waals surface area contributed by atoms with Crippen molar-refractivity contribution in [1.29, 1.82) is 0 Å². The fourth-order valence-electron chi connectivity index (χ4n) is 3.39. The van der Waals surface area contributed by atoms with E-state index in [1.165, 1.54) is 24.3 Å². The van der Waals surface area contributed by atoms with Crippen LogP contribution in [-0.4, -0.2) is 22.7 Å². The normalized spacial score (nSPS) is 10.9. The molecule has 0 spiro atoms. The summed E-state index contributed by atoms with van der Waals surface area (Å²) in [7, 11) is 0. The maximum Gasteiger partial charge on any atom is 0.336 e. The van der Waals surface area contributed by atoms with Crippen molar-refractivity contribution in [3.05, 3.63) is 83.9 Å². The zero-order valence-electron chi connectivity index (χ0n) is 16.0. The topological polar surface area (TPSA) is 59.4 Å². The van der Waals surface area contributed by atoms with Crippen LogP contribution in [0.1, 0.15) is 17.3 Å². The maximum absolute atomic E-state index is 15.0. The second-order valence-corrected chi connectivity index (χ2v) is 6.65. The molecule has 0 unspecified atom stereocenters.